The molecule has 1 saturated carbocycles. The Morgan fingerprint density at radius 2 is 1.97 bits per heavy atom. The minimum Gasteiger partial charge on any atom is -0.487 e. The molecule has 0 radical (unpaired) electrons. The van der Waals surface area contributed by atoms with Crippen molar-refractivity contribution in [2.45, 2.75) is 62.9 Å². The first kappa shape index (κ1) is 22.8. The smallest absolute Gasteiger partial charge is 0.227 e. The maximum atomic E-state index is 13.8. The topological polar surface area (TPSA) is 96.9 Å². The van der Waals surface area contributed by atoms with Gasteiger partial charge >= 0.3 is 0 Å². The van der Waals surface area contributed by atoms with Crippen LogP contribution in [0, 0.1) is 11.7 Å². The van der Waals surface area contributed by atoms with Crippen LogP contribution in [0.25, 0.3) is 0 Å². The second kappa shape index (κ2) is 9.72. The van der Waals surface area contributed by atoms with Crippen molar-refractivity contribution in [2.24, 2.45) is 5.92 Å². The molecule has 5 rings (SSSR count). The number of ether oxygens (including phenoxy) is 2. The number of aliphatic hydroxyl groups is 1. The molecule has 1 saturated heterocycles. The third-order valence-electron chi connectivity index (χ3n) is 7.09. The zero-order chi connectivity index (χ0) is 23.7. The van der Waals surface area contributed by atoms with Gasteiger partial charge in [0.1, 0.15) is 23.8 Å². The number of anilines is 1. The summed E-state index contributed by atoms with van der Waals surface area (Å²) >= 11 is 0. The van der Waals surface area contributed by atoms with Gasteiger partial charge in [0, 0.05) is 35.2 Å². The Labute approximate surface area is 197 Å². The summed E-state index contributed by atoms with van der Waals surface area (Å²) in [5, 5.41) is 15.7. The molecule has 180 valence electrons. The standard InChI is InChI=1S/C26H29FN2O5/c27-21-7-2-1-4-16(21)13-28-24(31)12-18-11-20-19-10-17(29-26(32)15-5-3-6-15)8-9-22(19)34-25(20)23(14-30)33-18/h1-2,4,7-10,15,18,20,23,25,30H,3,5-6,11-14H2,(H,28,31)(H,29,32)/t18-,20-,23-,25+/m1/s1. The summed E-state index contributed by atoms with van der Waals surface area (Å²) in [4.78, 5) is 24.9. The normalized spacial score (nSPS) is 25.5. The highest BCUT2D eigenvalue weighted by Gasteiger charge is 2.46. The van der Waals surface area contributed by atoms with Gasteiger partial charge in [-0.1, -0.05) is 24.6 Å². The average molecular weight is 469 g/mol. The van der Waals surface area contributed by atoms with Crippen molar-refractivity contribution in [1.82, 2.24) is 5.32 Å². The van der Waals surface area contributed by atoms with E-state index in [4.69, 9.17) is 9.47 Å². The zero-order valence-electron chi connectivity index (χ0n) is 18.8. The number of hydrogen-bond donors (Lipinski definition) is 3. The average Bonchev–Trinajstić information content (AvgIpc) is 3.15. The fourth-order valence-electron chi connectivity index (χ4n) is 5.00. The fourth-order valence-corrected chi connectivity index (χ4v) is 5.00. The highest BCUT2D eigenvalue weighted by molar-refractivity contribution is 5.93. The molecule has 4 atom stereocenters. The van der Waals surface area contributed by atoms with Crippen LogP contribution in [-0.2, 0) is 20.9 Å². The van der Waals surface area contributed by atoms with Gasteiger partial charge in [0.2, 0.25) is 11.8 Å². The third kappa shape index (κ3) is 4.65. The van der Waals surface area contributed by atoms with Crippen molar-refractivity contribution in [1.29, 1.82) is 0 Å². The van der Waals surface area contributed by atoms with Crippen LogP contribution < -0.4 is 15.4 Å². The second-order valence-electron chi connectivity index (χ2n) is 9.35. The van der Waals surface area contributed by atoms with E-state index < -0.39 is 12.2 Å². The monoisotopic (exact) mass is 468 g/mol. The minimum absolute atomic E-state index is 0.0475. The van der Waals surface area contributed by atoms with E-state index >= 15 is 0 Å². The molecule has 2 aromatic rings. The van der Waals surface area contributed by atoms with E-state index in [9.17, 15) is 19.1 Å². The lowest BCUT2D eigenvalue weighted by molar-refractivity contribution is -0.142. The van der Waals surface area contributed by atoms with Crippen LogP contribution in [0.15, 0.2) is 42.5 Å². The summed E-state index contributed by atoms with van der Waals surface area (Å²) in [6.07, 6.45) is 2.27. The second-order valence-corrected chi connectivity index (χ2v) is 9.35. The van der Waals surface area contributed by atoms with Crippen molar-refractivity contribution in [3.8, 4) is 5.75 Å². The molecule has 0 bridgehead atoms. The van der Waals surface area contributed by atoms with Crippen molar-refractivity contribution in [2.75, 3.05) is 11.9 Å². The third-order valence-corrected chi connectivity index (χ3v) is 7.09. The minimum atomic E-state index is -0.566. The van der Waals surface area contributed by atoms with Crippen LogP contribution in [0.5, 0.6) is 5.75 Å². The number of carbonyl (C=O) groups is 2. The number of benzene rings is 2. The van der Waals surface area contributed by atoms with Crippen LogP contribution in [0.1, 0.15) is 49.1 Å². The molecule has 0 unspecified atom stereocenters. The van der Waals surface area contributed by atoms with Gasteiger partial charge < -0.3 is 25.2 Å². The Morgan fingerprint density at radius 1 is 1.15 bits per heavy atom. The number of hydrogen-bond acceptors (Lipinski definition) is 5. The summed E-state index contributed by atoms with van der Waals surface area (Å²) in [7, 11) is 0. The van der Waals surface area contributed by atoms with Gasteiger partial charge in [-0.05, 0) is 43.5 Å². The molecular formula is C26H29FN2O5. The van der Waals surface area contributed by atoms with Gasteiger partial charge in [0.15, 0.2) is 0 Å². The Bertz CT molecular complexity index is 1070. The molecule has 34 heavy (non-hydrogen) atoms. The number of nitrogens with one attached hydrogen (secondary N) is 2. The Kier molecular flexibility index (Phi) is 6.52. The van der Waals surface area contributed by atoms with E-state index in [-0.39, 0.29) is 55.1 Å². The van der Waals surface area contributed by atoms with Gasteiger partial charge in [-0.25, -0.2) is 4.39 Å². The van der Waals surface area contributed by atoms with Crippen molar-refractivity contribution >= 4 is 17.5 Å². The van der Waals surface area contributed by atoms with Gasteiger partial charge in [-0.15, -0.1) is 0 Å². The maximum absolute atomic E-state index is 13.8. The number of halogens is 1. The highest BCUT2D eigenvalue weighted by Crippen LogP contribution is 2.47. The Morgan fingerprint density at radius 3 is 2.71 bits per heavy atom. The molecule has 2 amide bonds. The number of rotatable bonds is 7. The lowest BCUT2D eigenvalue weighted by Crippen LogP contribution is -2.47. The number of aliphatic hydroxyl groups excluding tert-OH is 1. The summed E-state index contributed by atoms with van der Waals surface area (Å²) in [6, 6.07) is 11.9. The Hall–Kier alpha value is -2.97. The quantitative estimate of drug-likeness (QED) is 0.580. The zero-order valence-corrected chi connectivity index (χ0v) is 18.8. The van der Waals surface area contributed by atoms with Crippen LogP contribution in [0.2, 0.25) is 0 Å². The van der Waals surface area contributed by atoms with E-state index in [1.54, 1.807) is 18.2 Å². The largest absolute Gasteiger partial charge is 0.487 e. The van der Waals surface area contributed by atoms with Gasteiger partial charge in [0.25, 0.3) is 0 Å². The lowest BCUT2D eigenvalue weighted by atomic mass is 9.83. The van der Waals surface area contributed by atoms with Crippen LogP contribution >= 0.6 is 0 Å². The molecule has 2 fully saturated rings. The molecule has 2 aliphatic heterocycles. The van der Waals surface area contributed by atoms with Gasteiger partial charge in [0.05, 0.1) is 19.1 Å². The predicted molar refractivity (Wildman–Crippen MR) is 123 cm³/mol. The molecule has 8 heteroatoms. The van der Waals surface area contributed by atoms with E-state index in [2.05, 4.69) is 10.6 Å². The van der Waals surface area contributed by atoms with E-state index in [1.807, 2.05) is 18.2 Å². The number of amides is 2. The number of fused-ring (bicyclic) bond motifs is 3. The molecule has 3 aliphatic rings. The number of carbonyl (C=O) groups excluding carboxylic acids is 2. The molecule has 7 nitrogen and oxygen atoms in total. The fraction of sp³-hybridized carbons (Fsp3) is 0.462. The van der Waals surface area contributed by atoms with E-state index in [1.165, 1.54) is 6.07 Å². The first-order valence-electron chi connectivity index (χ1n) is 11.9. The maximum Gasteiger partial charge on any atom is 0.227 e. The molecule has 2 aromatic carbocycles. The molecule has 2 heterocycles. The van der Waals surface area contributed by atoms with E-state index in [0.717, 1.165) is 30.5 Å². The van der Waals surface area contributed by atoms with Crippen LogP contribution in [0.4, 0.5) is 10.1 Å². The molecule has 0 aromatic heterocycles. The highest BCUT2D eigenvalue weighted by atomic mass is 19.1. The van der Waals surface area contributed by atoms with Crippen LogP contribution in [0.3, 0.4) is 0 Å². The van der Waals surface area contributed by atoms with Gasteiger partial charge in [-0.2, -0.15) is 0 Å². The van der Waals surface area contributed by atoms with Crippen LogP contribution in [-0.4, -0.2) is 41.8 Å². The van der Waals surface area contributed by atoms with Crippen molar-refractivity contribution in [3.63, 3.8) is 0 Å². The summed E-state index contributed by atoms with van der Waals surface area (Å²) in [6.45, 7) is -0.128. The molecular weight excluding hydrogens is 439 g/mol. The molecule has 1 aliphatic carbocycles. The summed E-state index contributed by atoms with van der Waals surface area (Å²) in [5.41, 5.74) is 2.10. The van der Waals surface area contributed by atoms with E-state index in [0.29, 0.717) is 17.7 Å². The van der Waals surface area contributed by atoms with Gasteiger partial charge in [-0.3, -0.25) is 9.59 Å². The Balaban J connectivity index is 1.24. The predicted octanol–water partition coefficient (Wildman–Crippen LogP) is 3.27. The molecule has 0 spiro atoms. The first-order valence-corrected chi connectivity index (χ1v) is 11.9. The SMILES string of the molecule is O=C(C[C@H]1C[C@@H]2c3cc(NC(=O)C4CCC4)ccc3O[C@@H]2[C@@H](CO)O1)NCc1ccccc1F. The molecule has 3 N–H and O–H groups in total. The summed E-state index contributed by atoms with van der Waals surface area (Å²) in [5.74, 6) is 0.177. The first-order chi connectivity index (χ1) is 16.5. The summed E-state index contributed by atoms with van der Waals surface area (Å²) < 4.78 is 25.9. The van der Waals surface area contributed by atoms with Crippen molar-refractivity contribution < 1.29 is 28.6 Å². The lowest BCUT2D eigenvalue weighted by Gasteiger charge is -2.37. The van der Waals surface area contributed by atoms with Crippen molar-refractivity contribution in [3.05, 3.63) is 59.4 Å².